The Kier molecular flexibility index (Phi) is 8.74. The van der Waals surface area contributed by atoms with Crippen LogP contribution in [-0.2, 0) is 36.9 Å². The lowest BCUT2D eigenvalue weighted by Gasteiger charge is -2.27. The maximum absolute atomic E-state index is 13.5. The highest BCUT2D eigenvalue weighted by Gasteiger charge is 2.30. The highest BCUT2D eigenvalue weighted by atomic mass is 19.4. The SMILES string of the molecule is CCN(CC)CCN(Cc1ccc(-c2ccc(C(F)(F)F)cc2)cc1)C(=O)Cn1c2c(c(=O)[nH]c1=O)CCC2. The van der Waals surface area contributed by atoms with E-state index in [0.29, 0.717) is 49.3 Å². The van der Waals surface area contributed by atoms with E-state index < -0.39 is 17.4 Å². The number of carbonyl (C=O) groups excluding carboxylic acids is 1. The van der Waals surface area contributed by atoms with E-state index >= 15 is 0 Å². The molecule has 0 bridgehead atoms. The van der Waals surface area contributed by atoms with Crippen molar-refractivity contribution in [2.45, 2.75) is 52.4 Å². The van der Waals surface area contributed by atoms with Gasteiger partial charge in [-0.25, -0.2) is 4.79 Å². The van der Waals surface area contributed by atoms with Gasteiger partial charge < -0.3 is 9.80 Å². The fourth-order valence-electron chi connectivity index (χ4n) is 5.00. The van der Waals surface area contributed by atoms with Gasteiger partial charge >= 0.3 is 11.9 Å². The van der Waals surface area contributed by atoms with Crippen LogP contribution >= 0.6 is 0 Å². The van der Waals surface area contributed by atoms with Crippen molar-refractivity contribution in [1.29, 1.82) is 0 Å². The number of aromatic nitrogens is 2. The molecule has 1 aliphatic rings. The van der Waals surface area contributed by atoms with E-state index in [9.17, 15) is 27.6 Å². The number of likely N-dealkylation sites (N-methyl/N-ethyl adjacent to an activating group) is 1. The average Bonchev–Trinajstić information content (AvgIpc) is 3.41. The number of fused-ring (bicyclic) bond motifs is 1. The van der Waals surface area contributed by atoms with Crippen LogP contribution in [0.5, 0.6) is 0 Å². The molecule has 208 valence electrons. The van der Waals surface area contributed by atoms with Crippen LogP contribution in [0.4, 0.5) is 13.2 Å². The topological polar surface area (TPSA) is 78.4 Å². The molecule has 0 aliphatic heterocycles. The summed E-state index contributed by atoms with van der Waals surface area (Å²) in [6.45, 7) is 7.08. The second-order valence-corrected chi connectivity index (χ2v) is 9.74. The first-order chi connectivity index (χ1) is 18.6. The highest BCUT2D eigenvalue weighted by molar-refractivity contribution is 5.76. The molecule has 3 aromatic rings. The van der Waals surface area contributed by atoms with Gasteiger partial charge in [0.05, 0.1) is 5.56 Å². The summed E-state index contributed by atoms with van der Waals surface area (Å²) in [6, 6.07) is 12.4. The molecule has 10 heteroatoms. The van der Waals surface area contributed by atoms with Crippen LogP contribution in [0.25, 0.3) is 11.1 Å². The Morgan fingerprint density at radius 3 is 2.13 bits per heavy atom. The Labute approximate surface area is 224 Å². The third-order valence-corrected chi connectivity index (χ3v) is 7.35. The number of aromatic amines is 1. The number of halogens is 3. The van der Waals surface area contributed by atoms with Gasteiger partial charge in [-0.1, -0.05) is 50.2 Å². The summed E-state index contributed by atoms with van der Waals surface area (Å²) in [5.74, 6) is -0.225. The molecule has 1 aliphatic carbocycles. The number of hydrogen-bond acceptors (Lipinski definition) is 4. The summed E-state index contributed by atoms with van der Waals surface area (Å²) in [5, 5.41) is 0. The van der Waals surface area contributed by atoms with Gasteiger partial charge in [0.25, 0.3) is 5.56 Å². The first kappa shape index (κ1) is 28.4. The molecule has 1 N–H and O–H groups in total. The predicted octanol–water partition coefficient (Wildman–Crippen LogP) is 4.08. The largest absolute Gasteiger partial charge is 0.416 e. The Balaban J connectivity index is 1.53. The number of carbonyl (C=O) groups is 1. The maximum Gasteiger partial charge on any atom is 0.416 e. The number of nitrogens with one attached hydrogen (secondary N) is 1. The number of alkyl halides is 3. The summed E-state index contributed by atoms with van der Waals surface area (Å²) in [4.78, 5) is 44.5. The highest BCUT2D eigenvalue weighted by Crippen LogP contribution is 2.31. The minimum atomic E-state index is -4.39. The van der Waals surface area contributed by atoms with E-state index in [2.05, 4.69) is 23.7 Å². The number of H-pyrrole nitrogens is 1. The van der Waals surface area contributed by atoms with Crippen molar-refractivity contribution in [2.75, 3.05) is 26.2 Å². The van der Waals surface area contributed by atoms with Crippen LogP contribution < -0.4 is 11.2 Å². The molecule has 39 heavy (non-hydrogen) atoms. The monoisotopic (exact) mass is 542 g/mol. The van der Waals surface area contributed by atoms with E-state index in [1.165, 1.54) is 16.7 Å². The number of amides is 1. The molecule has 0 atom stereocenters. The molecule has 0 radical (unpaired) electrons. The van der Waals surface area contributed by atoms with Gasteiger partial charge in [0.15, 0.2) is 0 Å². The van der Waals surface area contributed by atoms with Crippen LogP contribution in [0.2, 0.25) is 0 Å². The molecule has 4 rings (SSSR count). The van der Waals surface area contributed by atoms with Gasteiger partial charge in [0.1, 0.15) is 6.54 Å². The van der Waals surface area contributed by atoms with Gasteiger partial charge in [-0.15, -0.1) is 0 Å². The molecule has 0 unspecified atom stereocenters. The fraction of sp³-hybridized carbons (Fsp3) is 0.414. The van der Waals surface area contributed by atoms with Crippen molar-refractivity contribution in [2.24, 2.45) is 0 Å². The molecular formula is C29H33F3N4O3. The summed E-state index contributed by atoms with van der Waals surface area (Å²) < 4.78 is 40.1. The summed E-state index contributed by atoms with van der Waals surface area (Å²) >= 11 is 0. The Morgan fingerprint density at radius 1 is 0.923 bits per heavy atom. The average molecular weight is 543 g/mol. The lowest BCUT2D eigenvalue weighted by atomic mass is 10.0. The second kappa shape index (κ2) is 12.0. The van der Waals surface area contributed by atoms with Crippen LogP contribution in [0.1, 0.15) is 42.7 Å². The molecule has 1 aromatic heterocycles. The number of nitrogens with zero attached hydrogens (tertiary/aromatic N) is 3. The normalized spacial score (nSPS) is 13.1. The van der Waals surface area contributed by atoms with Gasteiger partial charge in [-0.05, 0) is 61.2 Å². The second-order valence-electron chi connectivity index (χ2n) is 9.74. The van der Waals surface area contributed by atoms with E-state index in [0.717, 1.165) is 42.8 Å². The van der Waals surface area contributed by atoms with Crippen molar-refractivity contribution < 1.29 is 18.0 Å². The predicted molar refractivity (Wildman–Crippen MR) is 143 cm³/mol. The van der Waals surface area contributed by atoms with E-state index in [1.807, 2.05) is 24.3 Å². The Hall–Kier alpha value is -3.66. The third kappa shape index (κ3) is 6.68. The summed E-state index contributed by atoms with van der Waals surface area (Å²) in [7, 11) is 0. The minimum absolute atomic E-state index is 0.153. The molecule has 2 aromatic carbocycles. The third-order valence-electron chi connectivity index (χ3n) is 7.35. The van der Waals surface area contributed by atoms with E-state index in [-0.39, 0.29) is 18.0 Å². The Morgan fingerprint density at radius 2 is 1.54 bits per heavy atom. The van der Waals surface area contributed by atoms with E-state index in [1.54, 1.807) is 4.90 Å². The molecule has 1 heterocycles. The maximum atomic E-state index is 13.5. The van der Waals surface area contributed by atoms with Crippen LogP contribution in [0.15, 0.2) is 58.1 Å². The van der Waals surface area contributed by atoms with Crippen molar-refractivity contribution in [3.05, 3.63) is 91.8 Å². The standard InChI is InChI=1S/C29H33F3N4O3/c1-3-34(4-2)16-17-35(26(37)19-36-25-7-5-6-24(25)27(38)33-28(36)39)18-20-8-10-21(11-9-20)22-12-14-23(15-13-22)29(30,31)32/h8-15H,3-7,16-19H2,1-2H3,(H,33,38,39). The zero-order valence-corrected chi connectivity index (χ0v) is 22.2. The van der Waals surface area contributed by atoms with Crippen LogP contribution in [0.3, 0.4) is 0 Å². The van der Waals surface area contributed by atoms with Gasteiger partial charge in [-0.3, -0.25) is 19.1 Å². The number of hydrogen-bond donors (Lipinski definition) is 1. The molecule has 7 nitrogen and oxygen atoms in total. The zero-order valence-electron chi connectivity index (χ0n) is 22.2. The molecule has 1 amide bonds. The molecule has 0 saturated heterocycles. The number of benzene rings is 2. The van der Waals surface area contributed by atoms with Gasteiger partial charge in [0, 0.05) is 30.9 Å². The molecule has 0 spiro atoms. The van der Waals surface area contributed by atoms with Crippen molar-refractivity contribution >= 4 is 5.91 Å². The van der Waals surface area contributed by atoms with Crippen molar-refractivity contribution in [3.8, 4) is 11.1 Å². The van der Waals surface area contributed by atoms with Crippen molar-refractivity contribution in [1.82, 2.24) is 19.4 Å². The summed E-state index contributed by atoms with van der Waals surface area (Å²) in [6.07, 6.45) is -2.43. The van der Waals surface area contributed by atoms with E-state index in [4.69, 9.17) is 0 Å². The zero-order chi connectivity index (χ0) is 28.2. The van der Waals surface area contributed by atoms with Gasteiger partial charge in [-0.2, -0.15) is 13.2 Å². The van der Waals surface area contributed by atoms with Crippen LogP contribution in [0, 0.1) is 0 Å². The van der Waals surface area contributed by atoms with Gasteiger partial charge in [0.2, 0.25) is 5.91 Å². The molecule has 0 fully saturated rings. The fourth-order valence-corrected chi connectivity index (χ4v) is 5.00. The lowest BCUT2D eigenvalue weighted by Crippen LogP contribution is -2.43. The van der Waals surface area contributed by atoms with Crippen LogP contribution in [-0.4, -0.2) is 51.4 Å². The minimum Gasteiger partial charge on any atom is -0.336 e. The smallest absolute Gasteiger partial charge is 0.336 e. The number of rotatable bonds is 10. The quantitative estimate of drug-likeness (QED) is 0.419. The van der Waals surface area contributed by atoms with Crippen molar-refractivity contribution in [3.63, 3.8) is 0 Å². The molecular weight excluding hydrogens is 509 g/mol. The molecule has 0 saturated carbocycles. The Bertz CT molecular complexity index is 1410. The lowest BCUT2D eigenvalue weighted by molar-refractivity contribution is -0.137. The first-order valence-electron chi connectivity index (χ1n) is 13.2. The summed E-state index contributed by atoms with van der Waals surface area (Å²) in [5.41, 5.74) is 1.87. The first-order valence-corrected chi connectivity index (χ1v) is 13.2.